The number of carbonyl (C=O) groups is 1. The molecule has 1 nitrogen and oxygen atoms in total. The lowest BCUT2D eigenvalue weighted by molar-refractivity contribution is -0.118. The van der Waals surface area contributed by atoms with E-state index >= 15 is 0 Å². The molecule has 1 aromatic rings. The van der Waals surface area contributed by atoms with Crippen molar-refractivity contribution in [2.45, 2.75) is 52.9 Å². The van der Waals surface area contributed by atoms with Crippen molar-refractivity contribution >= 4 is 5.78 Å². The Kier molecular flexibility index (Phi) is 9.69. The Balaban J connectivity index is 0.00000106. The van der Waals surface area contributed by atoms with Crippen LogP contribution in [-0.2, 0) is 11.2 Å². The van der Waals surface area contributed by atoms with E-state index in [1.54, 1.807) is 0 Å². The molecule has 0 N–H and O–H groups in total. The van der Waals surface area contributed by atoms with Gasteiger partial charge in [-0.15, -0.1) is 0 Å². The van der Waals surface area contributed by atoms with E-state index in [4.69, 9.17) is 0 Å². The van der Waals surface area contributed by atoms with Crippen LogP contribution in [-0.4, -0.2) is 5.78 Å². The van der Waals surface area contributed by atoms with Crippen molar-refractivity contribution in [1.29, 1.82) is 0 Å². The summed E-state index contributed by atoms with van der Waals surface area (Å²) in [6, 6.07) is 9.96. The molecule has 0 saturated heterocycles. The molecule has 0 aromatic heterocycles. The van der Waals surface area contributed by atoms with Gasteiger partial charge in [0.25, 0.3) is 0 Å². The smallest absolute Gasteiger partial charge is 0.137 e. The molecule has 0 bridgehead atoms. The highest BCUT2D eigenvalue weighted by atomic mass is 16.1. The fraction of sp³-hybridized carbons (Fsp3) is 0.533. The third-order valence-corrected chi connectivity index (χ3v) is 2.30. The van der Waals surface area contributed by atoms with Crippen molar-refractivity contribution < 1.29 is 4.79 Å². The third kappa shape index (κ3) is 7.22. The Morgan fingerprint density at radius 3 is 2.25 bits per heavy atom. The zero-order valence-corrected chi connectivity index (χ0v) is 10.8. The number of hydrogen-bond acceptors (Lipinski definition) is 1. The summed E-state index contributed by atoms with van der Waals surface area (Å²) >= 11 is 0. The second-order valence-corrected chi connectivity index (χ2v) is 3.66. The second kappa shape index (κ2) is 10.4. The van der Waals surface area contributed by atoms with E-state index in [0.29, 0.717) is 12.2 Å². The Bertz CT molecular complexity index is 264. The molecular formula is C15H24O. The van der Waals surface area contributed by atoms with Gasteiger partial charge >= 0.3 is 0 Å². The summed E-state index contributed by atoms with van der Waals surface area (Å²) in [6.07, 6.45) is 4.73. The zero-order valence-electron chi connectivity index (χ0n) is 10.8. The summed E-state index contributed by atoms with van der Waals surface area (Å²) in [4.78, 5) is 11.5. The number of benzene rings is 1. The van der Waals surface area contributed by atoms with Crippen LogP contribution in [0.2, 0.25) is 0 Å². The lowest BCUT2D eigenvalue weighted by Crippen LogP contribution is -2.01. The summed E-state index contributed by atoms with van der Waals surface area (Å²) < 4.78 is 0. The van der Waals surface area contributed by atoms with Gasteiger partial charge < -0.3 is 0 Å². The lowest BCUT2D eigenvalue weighted by atomic mass is 10.0. The van der Waals surface area contributed by atoms with Gasteiger partial charge in [-0.05, 0) is 12.0 Å². The van der Waals surface area contributed by atoms with Crippen molar-refractivity contribution in [3.63, 3.8) is 0 Å². The van der Waals surface area contributed by atoms with Crippen LogP contribution in [0.1, 0.15) is 52.0 Å². The van der Waals surface area contributed by atoms with E-state index in [-0.39, 0.29) is 0 Å². The summed E-state index contributed by atoms with van der Waals surface area (Å²) in [5.74, 6) is 0.365. The van der Waals surface area contributed by atoms with E-state index in [9.17, 15) is 4.79 Å². The highest BCUT2D eigenvalue weighted by Gasteiger charge is 2.02. The Labute approximate surface area is 99.9 Å². The molecule has 0 heterocycles. The first-order valence-electron chi connectivity index (χ1n) is 6.38. The number of ketones is 1. The summed E-state index contributed by atoms with van der Waals surface area (Å²) in [7, 11) is 0. The molecule has 1 heteroatoms. The van der Waals surface area contributed by atoms with Crippen LogP contribution in [0.15, 0.2) is 30.3 Å². The zero-order chi connectivity index (χ0) is 12.2. The van der Waals surface area contributed by atoms with Gasteiger partial charge in [-0.2, -0.15) is 0 Å². The largest absolute Gasteiger partial charge is 0.299 e. The fourth-order valence-corrected chi connectivity index (χ4v) is 1.48. The van der Waals surface area contributed by atoms with Crippen molar-refractivity contribution in [3.05, 3.63) is 35.9 Å². The van der Waals surface area contributed by atoms with Crippen molar-refractivity contribution in [2.24, 2.45) is 0 Å². The molecule has 0 aliphatic heterocycles. The molecule has 1 rings (SSSR count). The number of carbonyl (C=O) groups excluding carboxylic acids is 1. The molecule has 0 fully saturated rings. The van der Waals surface area contributed by atoms with Gasteiger partial charge in [-0.1, -0.05) is 63.9 Å². The first-order chi connectivity index (χ1) is 7.83. The molecule has 0 amide bonds. The van der Waals surface area contributed by atoms with Crippen molar-refractivity contribution in [3.8, 4) is 0 Å². The van der Waals surface area contributed by atoms with E-state index in [1.165, 1.54) is 12.8 Å². The second-order valence-electron chi connectivity index (χ2n) is 3.66. The number of rotatable bonds is 6. The van der Waals surface area contributed by atoms with Gasteiger partial charge in [0.15, 0.2) is 0 Å². The summed E-state index contributed by atoms with van der Waals surface area (Å²) in [5.41, 5.74) is 1.13. The maximum Gasteiger partial charge on any atom is 0.137 e. The Hall–Kier alpha value is -1.11. The van der Waals surface area contributed by atoms with E-state index in [1.807, 2.05) is 44.2 Å². The SMILES string of the molecule is CC.CCCCCC(=O)Cc1ccccc1. The van der Waals surface area contributed by atoms with Crippen LogP contribution in [0.5, 0.6) is 0 Å². The molecule has 0 atom stereocenters. The normalized spacial score (nSPS) is 9.19. The minimum atomic E-state index is 0.365. The number of hydrogen-bond donors (Lipinski definition) is 0. The third-order valence-electron chi connectivity index (χ3n) is 2.30. The minimum absolute atomic E-state index is 0.365. The topological polar surface area (TPSA) is 17.1 Å². The molecule has 0 unspecified atom stereocenters. The first kappa shape index (κ1) is 14.9. The van der Waals surface area contributed by atoms with E-state index in [0.717, 1.165) is 18.4 Å². The molecule has 0 aliphatic rings. The van der Waals surface area contributed by atoms with E-state index in [2.05, 4.69) is 6.92 Å². The van der Waals surface area contributed by atoms with Crippen LogP contribution in [0.3, 0.4) is 0 Å². The molecular weight excluding hydrogens is 196 g/mol. The fourth-order valence-electron chi connectivity index (χ4n) is 1.48. The summed E-state index contributed by atoms with van der Waals surface area (Å²) in [6.45, 7) is 6.15. The van der Waals surface area contributed by atoms with Crippen LogP contribution < -0.4 is 0 Å². The highest BCUT2D eigenvalue weighted by Crippen LogP contribution is 2.05. The van der Waals surface area contributed by atoms with Crippen LogP contribution in [0, 0.1) is 0 Å². The maximum absolute atomic E-state index is 11.5. The predicted molar refractivity (Wildman–Crippen MR) is 70.6 cm³/mol. The van der Waals surface area contributed by atoms with Gasteiger partial charge in [-0.25, -0.2) is 0 Å². The number of Topliss-reactive ketones (excluding diaryl/α,β-unsaturated/α-hetero) is 1. The van der Waals surface area contributed by atoms with Gasteiger partial charge in [0, 0.05) is 12.8 Å². The van der Waals surface area contributed by atoms with E-state index < -0.39 is 0 Å². The van der Waals surface area contributed by atoms with Gasteiger partial charge in [-0.3, -0.25) is 4.79 Å². The molecule has 16 heavy (non-hydrogen) atoms. The van der Waals surface area contributed by atoms with Gasteiger partial charge in [0.1, 0.15) is 5.78 Å². The minimum Gasteiger partial charge on any atom is -0.299 e. The highest BCUT2D eigenvalue weighted by molar-refractivity contribution is 5.80. The predicted octanol–water partition coefficient (Wildman–Crippen LogP) is 4.40. The molecule has 90 valence electrons. The molecule has 1 aromatic carbocycles. The molecule has 0 aliphatic carbocycles. The summed E-state index contributed by atoms with van der Waals surface area (Å²) in [5, 5.41) is 0. The number of unbranched alkanes of at least 4 members (excludes halogenated alkanes) is 2. The monoisotopic (exact) mass is 220 g/mol. The van der Waals surface area contributed by atoms with Crippen LogP contribution in [0.4, 0.5) is 0 Å². The van der Waals surface area contributed by atoms with Crippen molar-refractivity contribution in [2.75, 3.05) is 0 Å². The van der Waals surface area contributed by atoms with Crippen molar-refractivity contribution in [1.82, 2.24) is 0 Å². The van der Waals surface area contributed by atoms with Crippen LogP contribution in [0.25, 0.3) is 0 Å². The van der Waals surface area contributed by atoms with Gasteiger partial charge in [0.05, 0.1) is 0 Å². The average molecular weight is 220 g/mol. The Morgan fingerprint density at radius 2 is 1.69 bits per heavy atom. The molecule has 0 spiro atoms. The standard InChI is InChI=1S/C13H18O.C2H6/c1-2-3-5-10-13(14)11-12-8-6-4-7-9-12;1-2/h4,6-9H,2-3,5,10-11H2,1H3;1-2H3. The quantitative estimate of drug-likeness (QED) is 0.649. The van der Waals surface area contributed by atoms with Gasteiger partial charge in [0.2, 0.25) is 0 Å². The Morgan fingerprint density at radius 1 is 1.06 bits per heavy atom. The first-order valence-corrected chi connectivity index (χ1v) is 6.38. The molecule has 0 saturated carbocycles. The molecule has 0 radical (unpaired) electrons. The lowest BCUT2D eigenvalue weighted by Gasteiger charge is -2.00. The average Bonchev–Trinajstić information content (AvgIpc) is 2.33. The maximum atomic E-state index is 11.5. The van der Waals surface area contributed by atoms with Crippen LogP contribution >= 0.6 is 0 Å².